The Hall–Kier alpha value is -2.17. The van der Waals surface area contributed by atoms with Gasteiger partial charge in [0.2, 0.25) is 5.91 Å². The number of aromatic amines is 1. The van der Waals surface area contributed by atoms with Crippen LogP contribution in [0.4, 0.5) is 4.39 Å². The number of nitrogens with zero attached hydrogens (tertiary/aromatic N) is 2. The average Bonchev–Trinajstić information content (AvgIpc) is 2.90. The van der Waals surface area contributed by atoms with Gasteiger partial charge in [-0.25, -0.2) is 4.39 Å². The van der Waals surface area contributed by atoms with E-state index in [2.05, 4.69) is 10.2 Å². The van der Waals surface area contributed by atoms with E-state index < -0.39 is 6.67 Å². The van der Waals surface area contributed by atoms with Gasteiger partial charge in [0.05, 0.1) is 5.69 Å². The molecular formula is C15H16FN3O. The van der Waals surface area contributed by atoms with Gasteiger partial charge in [-0.05, 0) is 5.56 Å². The first kappa shape index (κ1) is 12.8. The number of alkyl halides is 1. The molecule has 0 fully saturated rings. The van der Waals surface area contributed by atoms with Crippen molar-refractivity contribution < 1.29 is 9.18 Å². The number of nitrogens with one attached hydrogen (secondary N) is 1. The molecule has 1 aromatic carbocycles. The van der Waals surface area contributed by atoms with E-state index in [1.807, 2.05) is 17.0 Å². The molecular weight excluding hydrogens is 257 g/mol. The van der Waals surface area contributed by atoms with Crippen molar-refractivity contribution in [1.82, 2.24) is 15.1 Å². The molecule has 0 unspecified atom stereocenters. The molecule has 1 aliphatic heterocycles. The summed E-state index contributed by atoms with van der Waals surface area (Å²) in [5, 5.41) is 7.41. The molecule has 4 nitrogen and oxygen atoms in total. The van der Waals surface area contributed by atoms with Crippen LogP contribution in [-0.2, 0) is 24.4 Å². The Labute approximate surface area is 116 Å². The molecule has 104 valence electrons. The van der Waals surface area contributed by atoms with Gasteiger partial charge in [-0.1, -0.05) is 24.3 Å². The fourth-order valence-corrected chi connectivity index (χ4v) is 2.55. The second kappa shape index (κ2) is 5.07. The van der Waals surface area contributed by atoms with Crippen LogP contribution in [0.5, 0.6) is 0 Å². The lowest BCUT2D eigenvalue weighted by Gasteiger charge is -2.25. The zero-order valence-corrected chi connectivity index (χ0v) is 11.3. The second-order valence-corrected chi connectivity index (χ2v) is 5.05. The van der Waals surface area contributed by atoms with Crippen molar-refractivity contribution in [2.75, 3.05) is 6.54 Å². The normalized spacial score (nSPS) is 14.2. The Morgan fingerprint density at radius 2 is 2.15 bits per heavy atom. The third-order valence-electron chi connectivity index (χ3n) is 3.76. The summed E-state index contributed by atoms with van der Waals surface area (Å²) in [5.41, 5.74) is 4.62. The molecule has 1 aliphatic rings. The summed E-state index contributed by atoms with van der Waals surface area (Å²) >= 11 is 0. The monoisotopic (exact) mass is 273 g/mol. The summed E-state index contributed by atoms with van der Waals surface area (Å²) in [4.78, 5) is 13.3. The molecule has 0 saturated carbocycles. The first-order valence-corrected chi connectivity index (χ1v) is 6.66. The molecule has 20 heavy (non-hydrogen) atoms. The third kappa shape index (κ3) is 2.19. The topological polar surface area (TPSA) is 49.0 Å². The first-order valence-electron chi connectivity index (χ1n) is 6.66. The number of rotatable bonds is 2. The first-order chi connectivity index (χ1) is 9.69. The number of hydrogen-bond acceptors (Lipinski definition) is 2. The van der Waals surface area contributed by atoms with Crippen molar-refractivity contribution in [2.45, 2.75) is 26.6 Å². The quantitative estimate of drug-likeness (QED) is 0.913. The molecule has 0 aliphatic carbocycles. The largest absolute Gasteiger partial charge is 0.338 e. The standard InChI is InChI=1S/C15H16FN3O/c1-10(20)19-7-6-14-13(9-19)15(18-17-14)12-4-2-11(8-16)3-5-12/h2-5H,6-9H2,1H3,(H,17,18). The van der Waals surface area contributed by atoms with Crippen molar-refractivity contribution in [2.24, 2.45) is 0 Å². The third-order valence-corrected chi connectivity index (χ3v) is 3.76. The van der Waals surface area contributed by atoms with Crippen LogP contribution in [0.25, 0.3) is 11.3 Å². The SMILES string of the molecule is CC(=O)N1CCc2[nH]nc(-c3ccc(CF)cc3)c2C1. The van der Waals surface area contributed by atoms with Crippen LogP contribution in [0, 0.1) is 0 Å². The molecule has 2 aromatic rings. The predicted molar refractivity (Wildman–Crippen MR) is 73.6 cm³/mol. The molecule has 5 heteroatoms. The lowest BCUT2D eigenvalue weighted by atomic mass is 10.0. The van der Waals surface area contributed by atoms with E-state index in [1.165, 1.54) is 0 Å². The zero-order chi connectivity index (χ0) is 14.1. The smallest absolute Gasteiger partial charge is 0.219 e. The summed E-state index contributed by atoms with van der Waals surface area (Å²) in [7, 11) is 0. The van der Waals surface area contributed by atoms with Crippen molar-refractivity contribution in [1.29, 1.82) is 0 Å². The number of halogens is 1. The van der Waals surface area contributed by atoms with E-state index in [9.17, 15) is 9.18 Å². The second-order valence-electron chi connectivity index (χ2n) is 5.05. The summed E-state index contributed by atoms with van der Waals surface area (Å²) in [6.45, 7) is 2.43. The molecule has 0 saturated heterocycles. The fourth-order valence-electron chi connectivity index (χ4n) is 2.55. The number of carbonyl (C=O) groups excluding carboxylic acids is 1. The van der Waals surface area contributed by atoms with Gasteiger partial charge in [0.1, 0.15) is 6.67 Å². The maximum Gasteiger partial charge on any atom is 0.219 e. The van der Waals surface area contributed by atoms with E-state index in [0.29, 0.717) is 12.1 Å². The van der Waals surface area contributed by atoms with Crippen molar-refractivity contribution in [3.8, 4) is 11.3 Å². The van der Waals surface area contributed by atoms with Gasteiger partial charge < -0.3 is 4.90 Å². The Morgan fingerprint density at radius 1 is 1.40 bits per heavy atom. The van der Waals surface area contributed by atoms with Crippen LogP contribution in [0.1, 0.15) is 23.7 Å². The minimum Gasteiger partial charge on any atom is -0.338 e. The Bertz CT molecular complexity index is 633. The highest BCUT2D eigenvalue weighted by Crippen LogP contribution is 2.28. The summed E-state index contributed by atoms with van der Waals surface area (Å²) in [5.74, 6) is 0.0792. The van der Waals surface area contributed by atoms with Gasteiger partial charge in [-0.15, -0.1) is 0 Å². The summed E-state index contributed by atoms with van der Waals surface area (Å²) in [6.07, 6.45) is 0.796. The number of hydrogen-bond donors (Lipinski definition) is 1. The molecule has 3 rings (SSSR count). The lowest BCUT2D eigenvalue weighted by molar-refractivity contribution is -0.129. The van der Waals surface area contributed by atoms with Crippen LogP contribution in [0.15, 0.2) is 24.3 Å². The van der Waals surface area contributed by atoms with Gasteiger partial charge in [0, 0.05) is 43.3 Å². The number of H-pyrrole nitrogens is 1. The van der Waals surface area contributed by atoms with E-state index >= 15 is 0 Å². The van der Waals surface area contributed by atoms with E-state index in [-0.39, 0.29) is 5.91 Å². The van der Waals surface area contributed by atoms with Crippen molar-refractivity contribution in [3.63, 3.8) is 0 Å². The minimum atomic E-state index is -0.461. The molecule has 1 aromatic heterocycles. The van der Waals surface area contributed by atoms with E-state index in [0.717, 1.165) is 35.5 Å². The highest BCUT2D eigenvalue weighted by atomic mass is 19.1. The predicted octanol–water partition coefficient (Wildman–Crippen LogP) is 2.45. The van der Waals surface area contributed by atoms with Gasteiger partial charge in [-0.2, -0.15) is 5.10 Å². The Morgan fingerprint density at radius 3 is 2.80 bits per heavy atom. The van der Waals surface area contributed by atoms with Crippen LogP contribution < -0.4 is 0 Å². The molecule has 2 heterocycles. The average molecular weight is 273 g/mol. The molecule has 0 spiro atoms. The molecule has 0 bridgehead atoms. The number of amides is 1. The number of carbonyl (C=O) groups is 1. The molecule has 0 radical (unpaired) electrons. The van der Waals surface area contributed by atoms with Gasteiger partial charge in [-0.3, -0.25) is 9.89 Å². The maximum atomic E-state index is 12.5. The maximum absolute atomic E-state index is 12.5. The van der Waals surface area contributed by atoms with E-state index in [4.69, 9.17) is 0 Å². The highest BCUT2D eigenvalue weighted by Gasteiger charge is 2.23. The van der Waals surface area contributed by atoms with E-state index in [1.54, 1.807) is 19.1 Å². The van der Waals surface area contributed by atoms with Crippen LogP contribution in [-0.4, -0.2) is 27.5 Å². The minimum absolute atomic E-state index is 0.0792. The number of benzene rings is 1. The molecule has 0 atom stereocenters. The van der Waals surface area contributed by atoms with Crippen LogP contribution in [0.2, 0.25) is 0 Å². The van der Waals surface area contributed by atoms with Crippen LogP contribution in [0.3, 0.4) is 0 Å². The molecule has 1 N–H and O–H groups in total. The van der Waals surface area contributed by atoms with Crippen LogP contribution >= 0.6 is 0 Å². The Kier molecular flexibility index (Phi) is 3.26. The number of fused-ring (bicyclic) bond motifs is 1. The van der Waals surface area contributed by atoms with Gasteiger partial charge in [0.25, 0.3) is 0 Å². The number of aromatic nitrogens is 2. The summed E-state index contributed by atoms with van der Waals surface area (Å²) < 4.78 is 12.5. The lowest BCUT2D eigenvalue weighted by Crippen LogP contribution is -2.34. The molecule has 1 amide bonds. The summed E-state index contributed by atoms with van der Waals surface area (Å²) in [6, 6.07) is 7.28. The van der Waals surface area contributed by atoms with Gasteiger partial charge >= 0.3 is 0 Å². The van der Waals surface area contributed by atoms with Crippen molar-refractivity contribution in [3.05, 3.63) is 41.1 Å². The van der Waals surface area contributed by atoms with Gasteiger partial charge in [0.15, 0.2) is 0 Å². The fraction of sp³-hybridized carbons (Fsp3) is 0.333. The highest BCUT2D eigenvalue weighted by molar-refractivity contribution is 5.74. The van der Waals surface area contributed by atoms with Crippen molar-refractivity contribution >= 4 is 5.91 Å². The zero-order valence-electron chi connectivity index (χ0n) is 11.3. The Balaban J connectivity index is 1.95.